The summed E-state index contributed by atoms with van der Waals surface area (Å²) in [6.45, 7) is 1.94. The molecule has 0 aliphatic carbocycles. The van der Waals surface area contributed by atoms with Gasteiger partial charge in [0.05, 0.1) is 6.10 Å². The first-order valence-corrected chi connectivity index (χ1v) is 6.41. The Hall–Kier alpha value is -1.94. The van der Waals surface area contributed by atoms with Gasteiger partial charge in [-0.1, -0.05) is 37.3 Å². The molecule has 2 aromatic rings. The zero-order valence-electron chi connectivity index (χ0n) is 11.5. The van der Waals surface area contributed by atoms with Crippen LogP contribution in [0.2, 0.25) is 0 Å². The monoisotopic (exact) mass is 257 g/mol. The first-order valence-electron chi connectivity index (χ1n) is 6.41. The summed E-state index contributed by atoms with van der Waals surface area (Å²) >= 11 is 0. The number of aliphatic hydroxyl groups excluding tert-OH is 1. The van der Waals surface area contributed by atoms with Gasteiger partial charge in [0.2, 0.25) is 0 Å². The number of anilines is 1. The molecule has 0 unspecified atom stereocenters. The number of aromatic nitrogens is 2. The van der Waals surface area contributed by atoms with Crippen molar-refractivity contribution in [3.63, 3.8) is 0 Å². The summed E-state index contributed by atoms with van der Waals surface area (Å²) in [6, 6.07) is 9.84. The smallest absolute Gasteiger partial charge is 0.161 e. The highest BCUT2D eigenvalue weighted by Gasteiger charge is 2.15. The first kappa shape index (κ1) is 13.5. The second-order valence-electron chi connectivity index (χ2n) is 4.66. The van der Waals surface area contributed by atoms with Crippen LogP contribution in [0.1, 0.15) is 25.0 Å². The van der Waals surface area contributed by atoms with E-state index in [4.69, 9.17) is 0 Å². The summed E-state index contributed by atoms with van der Waals surface area (Å²) in [5.74, 6) is 1.44. The molecule has 0 saturated carbocycles. The fraction of sp³-hybridized carbons (Fsp3) is 0.333. The van der Waals surface area contributed by atoms with E-state index in [-0.39, 0.29) is 0 Å². The van der Waals surface area contributed by atoms with Crippen LogP contribution in [0.4, 0.5) is 5.82 Å². The summed E-state index contributed by atoms with van der Waals surface area (Å²) in [7, 11) is 3.84. The van der Waals surface area contributed by atoms with Crippen LogP contribution in [0.15, 0.2) is 36.5 Å². The van der Waals surface area contributed by atoms with Gasteiger partial charge in [0, 0.05) is 31.4 Å². The third-order valence-electron chi connectivity index (χ3n) is 3.00. The van der Waals surface area contributed by atoms with Crippen molar-refractivity contribution in [3.05, 3.63) is 42.1 Å². The molecule has 100 valence electrons. The van der Waals surface area contributed by atoms with Crippen LogP contribution >= 0.6 is 0 Å². The third-order valence-corrected chi connectivity index (χ3v) is 3.00. The Morgan fingerprint density at radius 2 is 1.89 bits per heavy atom. The van der Waals surface area contributed by atoms with Crippen LogP contribution in [0.25, 0.3) is 11.4 Å². The number of hydrogen-bond acceptors (Lipinski definition) is 4. The van der Waals surface area contributed by atoms with Crippen molar-refractivity contribution >= 4 is 5.82 Å². The van der Waals surface area contributed by atoms with E-state index in [0.29, 0.717) is 12.2 Å². The predicted octanol–water partition coefficient (Wildman–Crippen LogP) is 2.65. The molecular formula is C15H19N3O. The lowest BCUT2D eigenvalue weighted by Crippen LogP contribution is -2.16. The predicted molar refractivity (Wildman–Crippen MR) is 77.0 cm³/mol. The zero-order chi connectivity index (χ0) is 13.8. The van der Waals surface area contributed by atoms with E-state index in [9.17, 15) is 5.11 Å². The molecule has 1 N–H and O–H groups in total. The number of rotatable bonds is 4. The fourth-order valence-electron chi connectivity index (χ4n) is 1.92. The van der Waals surface area contributed by atoms with Gasteiger partial charge in [-0.25, -0.2) is 9.97 Å². The van der Waals surface area contributed by atoms with Gasteiger partial charge >= 0.3 is 0 Å². The van der Waals surface area contributed by atoms with E-state index >= 15 is 0 Å². The van der Waals surface area contributed by atoms with Crippen LogP contribution in [0.5, 0.6) is 0 Å². The highest BCUT2D eigenvalue weighted by atomic mass is 16.3. The Balaban J connectivity index is 2.48. The van der Waals surface area contributed by atoms with Gasteiger partial charge in [-0.15, -0.1) is 0 Å². The van der Waals surface area contributed by atoms with Crippen LogP contribution in [-0.4, -0.2) is 29.2 Å². The van der Waals surface area contributed by atoms with Gasteiger partial charge in [0.15, 0.2) is 5.82 Å². The van der Waals surface area contributed by atoms with Crippen molar-refractivity contribution in [2.24, 2.45) is 0 Å². The molecule has 0 saturated heterocycles. The molecule has 0 fully saturated rings. The molecule has 4 nitrogen and oxygen atoms in total. The van der Waals surface area contributed by atoms with Crippen molar-refractivity contribution < 1.29 is 5.11 Å². The average Bonchev–Trinajstić information content (AvgIpc) is 2.46. The maximum atomic E-state index is 10.0. The Bertz CT molecular complexity index is 540. The summed E-state index contributed by atoms with van der Waals surface area (Å²) in [5, 5.41) is 10.0. The summed E-state index contributed by atoms with van der Waals surface area (Å²) < 4.78 is 0. The lowest BCUT2D eigenvalue weighted by Gasteiger charge is -2.19. The Kier molecular flexibility index (Phi) is 4.12. The largest absolute Gasteiger partial charge is 0.388 e. The maximum absolute atomic E-state index is 10.0. The molecule has 0 bridgehead atoms. The van der Waals surface area contributed by atoms with Gasteiger partial charge in [0.25, 0.3) is 0 Å². The molecule has 0 aliphatic rings. The SMILES string of the molecule is CC[C@H](O)c1cnc(-c2ccccc2)nc1N(C)C. The van der Waals surface area contributed by atoms with Crippen molar-refractivity contribution in [1.82, 2.24) is 9.97 Å². The molecular weight excluding hydrogens is 238 g/mol. The number of benzene rings is 1. The van der Waals surface area contributed by atoms with Gasteiger partial charge in [-0.05, 0) is 6.42 Å². The molecule has 0 radical (unpaired) electrons. The minimum Gasteiger partial charge on any atom is -0.388 e. The number of nitrogens with zero attached hydrogens (tertiary/aromatic N) is 3. The van der Waals surface area contributed by atoms with Crippen LogP contribution in [0, 0.1) is 0 Å². The average molecular weight is 257 g/mol. The quantitative estimate of drug-likeness (QED) is 0.914. The minimum atomic E-state index is -0.526. The van der Waals surface area contributed by atoms with Crippen molar-refractivity contribution in [1.29, 1.82) is 0 Å². The fourth-order valence-corrected chi connectivity index (χ4v) is 1.92. The van der Waals surface area contributed by atoms with E-state index in [2.05, 4.69) is 9.97 Å². The molecule has 4 heteroatoms. The molecule has 1 aromatic heterocycles. The van der Waals surface area contributed by atoms with Gasteiger partial charge < -0.3 is 10.0 Å². The normalized spacial score (nSPS) is 12.2. The van der Waals surface area contributed by atoms with E-state index in [1.165, 1.54) is 0 Å². The van der Waals surface area contributed by atoms with Crippen LogP contribution < -0.4 is 4.90 Å². The molecule has 1 atom stereocenters. The minimum absolute atomic E-state index is 0.526. The van der Waals surface area contributed by atoms with E-state index in [1.807, 2.05) is 56.3 Å². The van der Waals surface area contributed by atoms with Crippen molar-refractivity contribution in [2.45, 2.75) is 19.4 Å². The summed E-state index contributed by atoms with van der Waals surface area (Å²) in [4.78, 5) is 10.8. The standard InChI is InChI=1S/C15H19N3O/c1-4-13(19)12-10-16-14(17-15(12)18(2)3)11-8-6-5-7-9-11/h5-10,13,19H,4H2,1-3H3/t13-/m0/s1. The lowest BCUT2D eigenvalue weighted by atomic mass is 10.1. The molecule has 0 amide bonds. The Morgan fingerprint density at radius 1 is 1.21 bits per heavy atom. The molecule has 0 aliphatic heterocycles. The van der Waals surface area contributed by atoms with E-state index in [1.54, 1.807) is 6.20 Å². The Morgan fingerprint density at radius 3 is 2.47 bits per heavy atom. The molecule has 1 heterocycles. The number of aliphatic hydroxyl groups is 1. The third kappa shape index (κ3) is 2.90. The number of hydrogen-bond donors (Lipinski definition) is 1. The van der Waals surface area contributed by atoms with Crippen molar-refractivity contribution in [2.75, 3.05) is 19.0 Å². The molecule has 2 rings (SSSR count). The van der Waals surface area contributed by atoms with Crippen LogP contribution in [-0.2, 0) is 0 Å². The first-order chi connectivity index (χ1) is 9.13. The highest BCUT2D eigenvalue weighted by molar-refractivity contribution is 5.59. The second-order valence-corrected chi connectivity index (χ2v) is 4.66. The van der Waals surface area contributed by atoms with Crippen LogP contribution in [0.3, 0.4) is 0 Å². The summed E-state index contributed by atoms with van der Waals surface area (Å²) in [6.07, 6.45) is 1.84. The van der Waals surface area contributed by atoms with E-state index in [0.717, 1.165) is 16.9 Å². The molecule has 0 spiro atoms. The maximum Gasteiger partial charge on any atom is 0.161 e. The van der Waals surface area contributed by atoms with Gasteiger partial charge in [-0.2, -0.15) is 0 Å². The zero-order valence-corrected chi connectivity index (χ0v) is 11.5. The molecule has 1 aromatic carbocycles. The second kappa shape index (κ2) is 5.80. The van der Waals surface area contributed by atoms with Crippen molar-refractivity contribution in [3.8, 4) is 11.4 Å². The summed E-state index contributed by atoms with van der Waals surface area (Å²) in [5.41, 5.74) is 1.75. The topological polar surface area (TPSA) is 49.3 Å². The van der Waals surface area contributed by atoms with Gasteiger partial charge in [0.1, 0.15) is 5.82 Å². The molecule has 19 heavy (non-hydrogen) atoms. The Labute approximate surface area is 113 Å². The lowest BCUT2D eigenvalue weighted by molar-refractivity contribution is 0.173. The van der Waals surface area contributed by atoms with Gasteiger partial charge in [-0.3, -0.25) is 0 Å². The highest BCUT2D eigenvalue weighted by Crippen LogP contribution is 2.27. The van der Waals surface area contributed by atoms with E-state index < -0.39 is 6.10 Å².